The van der Waals surface area contributed by atoms with Crippen molar-refractivity contribution in [1.29, 1.82) is 0 Å². The molecule has 2 aromatic rings. The van der Waals surface area contributed by atoms with E-state index in [4.69, 9.17) is 0 Å². The van der Waals surface area contributed by atoms with E-state index in [0.717, 1.165) is 22.5 Å². The number of hydrogen-bond donors (Lipinski definition) is 0. The number of benzene rings is 1. The van der Waals surface area contributed by atoms with E-state index in [-0.39, 0.29) is 18.1 Å². The maximum Gasteiger partial charge on any atom is 0.310 e. The van der Waals surface area contributed by atoms with Gasteiger partial charge in [-0.2, -0.15) is 5.10 Å². The van der Waals surface area contributed by atoms with Crippen LogP contribution < -0.4 is 0 Å². The molecule has 22 heavy (non-hydrogen) atoms. The zero-order chi connectivity index (χ0) is 16.3. The van der Waals surface area contributed by atoms with Gasteiger partial charge in [0.15, 0.2) is 0 Å². The number of carbonyl (C=O) groups excluding carboxylic acids is 1. The first-order valence-electron chi connectivity index (χ1n) is 6.75. The molecular formula is C15H17N3O4. The molecular weight excluding hydrogens is 286 g/mol. The van der Waals surface area contributed by atoms with Gasteiger partial charge in [0.1, 0.15) is 0 Å². The zero-order valence-corrected chi connectivity index (χ0v) is 12.7. The molecule has 7 heteroatoms. The quantitative estimate of drug-likeness (QED) is 0.480. The molecule has 0 radical (unpaired) electrons. The molecule has 0 bridgehead atoms. The van der Waals surface area contributed by atoms with Crippen molar-refractivity contribution in [2.45, 2.75) is 26.8 Å². The van der Waals surface area contributed by atoms with E-state index in [1.54, 1.807) is 16.8 Å². The Labute approximate surface area is 127 Å². The SMILES string of the molecule is COC(=O)Cc1c(C)nn(Cc2ccc([N+](=O)[O-])cc2)c1C. The van der Waals surface area contributed by atoms with Crippen LogP contribution in [-0.2, 0) is 22.5 Å². The van der Waals surface area contributed by atoms with Crippen LogP contribution in [0.4, 0.5) is 5.69 Å². The highest BCUT2D eigenvalue weighted by molar-refractivity contribution is 5.73. The lowest BCUT2D eigenvalue weighted by molar-refractivity contribution is -0.384. The molecule has 1 aromatic carbocycles. The largest absolute Gasteiger partial charge is 0.469 e. The number of non-ortho nitro benzene ring substituents is 1. The third-order valence-electron chi connectivity index (χ3n) is 3.56. The monoisotopic (exact) mass is 303 g/mol. The molecule has 0 atom stereocenters. The molecule has 2 rings (SSSR count). The van der Waals surface area contributed by atoms with Gasteiger partial charge in [0, 0.05) is 23.4 Å². The van der Waals surface area contributed by atoms with Crippen molar-refractivity contribution in [2.75, 3.05) is 7.11 Å². The third-order valence-corrected chi connectivity index (χ3v) is 3.56. The van der Waals surface area contributed by atoms with Crippen LogP contribution in [0.1, 0.15) is 22.5 Å². The molecule has 0 N–H and O–H groups in total. The van der Waals surface area contributed by atoms with Crippen LogP contribution in [0.25, 0.3) is 0 Å². The third kappa shape index (κ3) is 3.30. The maximum atomic E-state index is 11.4. The van der Waals surface area contributed by atoms with Crippen molar-refractivity contribution in [3.05, 3.63) is 56.9 Å². The van der Waals surface area contributed by atoms with Crippen molar-refractivity contribution in [3.8, 4) is 0 Å². The minimum absolute atomic E-state index is 0.0588. The standard InChI is InChI=1S/C15H17N3O4/c1-10-14(8-15(19)22-3)11(2)17(16-10)9-12-4-6-13(7-5-12)18(20)21/h4-7H,8-9H2,1-3H3. The number of aryl methyl sites for hydroxylation is 1. The smallest absolute Gasteiger partial charge is 0.310 e. The molecule has 0 spiro atoms. The van der Waals surface area contributed by atoms with Crippen molar-refractivity contribution in [2.24, 2.45) is 0 Å². The van der Waals surface area contributed by atoms with Gasteiger partial charge in [-0.3, -0.25) is 19.6 Å². The number of nitro groups is 1. The molecule has 0 aliphatic heterocycles. The van der Waals surface area contributed by atoms with Crippen LogP contribution in [0.15, 0.2) is 24.3 Å². The molecule has 0 saturated heterocycles. The summed E-state index contributed by atoms with van der Waals surface area (Å²) in [5, 5.41) is 15.1. The number of ether oxygens (including phenoxy) is 1. The average Bonchev–Trinajstić information content (AvgIpc) is 2.75. The van der Waals surface area contributed by atoms with Gasteiger partial charge in [-0.1, -0.05) is 12.1 Å². The van der Waals surface area contributed by atoms with Gasteiger partial charge >= 0.3 is 5.97 Å². The lowest BCUT2D eigenvalue weighted by Gasteiger charge is -2.05. The summed E-state index contributed by atoms with van der Waals surface area (Å²) in [5.41, 5.74) is 3.49. The fourth-order valence-electron chi connectivity index (χ4n) is 2.26. The average molecular weight is 303 g/mol. The molecule has 116 valence electrons. The second-order valence-electron chi connectivity index (χ2n) is 4.98. The Morgan fingerprint density at radius 2 is 1.95 bits per heavy atom. The normalized spacial score (nSPS) is 10.5. The molecule has 0 aliphatic carbocycles. The predicted molar refractivity (Wildman–Crippen MR) is 79.6 cm³/mol. The number of nitro benzene ring substituents is 1. The summed E-state index contributed by atoms with van der Waals surface area (Å²) >= 11 is 0. The van der Waals surface area contributed by atoms with E-state index in [0.29, 0.717) is 6.54 Å². The van der Waals surface area contributed by atoms with Crippen LogP contribution >= 0.6 is 0 Å². The molecule has 1 heterocycles. The van der Waals surface area contributed by atoms with Crippen LogP contribution in [0.3, 0.4) is 0 Å². The highest BCUT2D eigenvalue weighted by Crippen LogP contribution is 2.17. The Morgan fingerprint density at radius 3 is 2.50 bits per heavy atom. The molecule has 1 aromatic heterocycles. The van der Waals surface area contributed by atoms with E-state index in [1.807, 2.05) is 13.8 Å². The van der Waals surface area contributed by atoms with Gasteiger partial charge in [0.2, 0.25) is 0 Å². The molecule has 0 aliphatic rings. The number of methoxy groups -OCH3 is 1. The van der Waals surface area contributed by atoms with Gasteiger partial charge < -0.3 is 4.74 Å². The summed E-state index contributed by atoms with van der Waals surface area (Å²) in [5.74, 6) is -0.305. The van der Waals surface area contributed by atoms with Crippen molar-refractivity contribution >= 4 is 11.7 Å². The van der Waals surface area contributed by atoms with E-state index in [2.05, 4.69) is 9.84 Å². The highest BCUT2D eigenvalue weighted by atomic mass is 16.6. The molecule has 0 amide bonds. The molecule has 0 fully saturated rings. The van der Waals surface area contributed by atoms with Crippen LogP contribution in [0, 0.1) is 24.0 Å². The Hall–Kier alpha value is -2.70. The van der Waals surface area contributed by atoms with Gasteiger partial charge in [-0.25, -0.2) is 0 Å². The molecule has 0 saturated carbocycles. The lowest BCUT2D eigenvalue weighted by atomic mass is 10.1. The first-order chi connectivity index (χ1) is 10.4. The molecule has 7 nitrogen and oxygen atoms in total. The van der Waals surface area contributed by atoms with Gasteiger partial charge in [-0.15, -0.1) is 0 Å². The fraction of sp³-hybridized carbons (Fsp3) is 0.333. The fourth-order valence-corrected chi connectivity index (χ4v) is 2.26. The topological polar surface area (TPSA) is 87.3 Å². The number of rotatable bonds is 5. The number of hydrogen-bond acceptors (Lipinski definition) is 5. The highest BCUT2D eigenvalue weighted by Gasteiger charge is 2.15. The number of nitrogens with zero attached hydrogens (tertiary/aromatic N) is 3. The van der Waals surface area contributed by atoms with Crippen molar-refractivity contribution in [1.82, 2.24) is 9.78 Å². The van der Waals surface area contributed by atoms with Gasteiger partial charge in [0.05, 0.1) is 30.7 Å². The van der Waals surface area contributed by atoms with Crippen molar-refractivity contribution in [3.63, 3.8) is 0 Å². The summed E-state index contributed by atoms with van der Waals surface area (Å²) in [6.45, 7) is 4.23. The minimum atomic E-state index is -0.429. The van der Waals surface area contributed by atoms with E-state index in [1.165, 1.54) is 19.2 Å². The van der Waals surface area contributed by atoms with E-state index < -0.39 is 4.92 Å². The second-order valence-corrected chi connectivity index (χ2v) is 4.98. The Bertz CT molecular complexity index is 704. The lowest BCUT2D eigenvalue weighted by Crippen LogP contribution is -2.07. The van der Waals surface area contributed by atoms with Gasteiger partial charge in [-0.05, 0) is 19.4 Å². The predicted octanol–water partition coefficient (Wildman–Crippen LogP) is 2.17. The Morgan fingerprint density at radius 1 is 1.32 bits per heavy atom. The number of esters is 1. The first kappa shape index (κ1) is 15.7. The van der Waals surface area contributed by atoms with Crippen LogP contribution in [0.2, 0.25) is 0 Å². The Kier molecular flexibility index (Phi) is 4.55. The molecule has 0 unspecified atom stereocenters. The summed E-state index contributed by atoms with van der Waals surface area (Å²) < 4.78 is 6.47. The van der Waals surface area contributed by atoms with Crippen molar-refractivity contribution < 1.29 is 14.5 Å². The zero-order valence-electron chi connectivity index (χ0n) is 12.7. The van der Waals surface area contributed by atoms with E-state index >= 15 is 0 Å². The number of aromatic nitrogens is 2. The Balaban J connectivity index is 2.21. The van der Waals surface area contributed by atoms with Crippen LogP contribution in [-0.4, -0.2) is 27.8 Å². The summed E-state index contributed by atoms with van der Waals surface area (Å²) in [4.78, 5) is 21.7. The summed E-state index contributed by atoms with van der Waals surface area (Å²) in [7, 11) is 1.36. The minimum Gasteiger partial charge on any atom is -0.469 e. The summed E-state index contributed by atoms with van der Waals surface area (Å²) in [6.07, 6.45) is 0.189. The van der Waals surface area contributed by atoms with Gasteiger partial charge in [0.25, 0.3) is 5.69 Å². The number of carbonyl (C=O) groups is 1. The maximum absolute atomic E-state index is 11.4. The first-order valence-corrected chi connectivity index (χ1v) is 6.75. The summed E-state index contributed by atoms with van der Waals surface area (Å²) in [6, 6.07) is 6.34. The second kappa shape index (κ2) is 6.38. The van der Waals surface area contributed by atoms with E-state index in [9.17, 15) is 14.9 Å². The van der Waals surface area contributed by atoms with Crippen LogP contribution in [0.5, 0.6) is 0 Å².